The lowest BCUT2D eigenvalue weighted by Gasteiger charge is -2.17. The van der Waals surface area contributed by atoms with E-state index in [0.29, 0.717) is 6.54 Å². The summed E-state index contributed by atoms with van der Waals surface area (Å²) in [5.41, 5.74) is 2.31. The molecule has 1 aromatic carbocycles. The minimum Gasteiger partial charge on any atom is -0.395 e. The first-order valence-corrected chi connectivity index (χ1v) is 7.24. The van der Waals surface area contributed by atoms with Crippen LogP contribution >= 0.6 is 11.8 Å². The van der Waals surface area contributed by atoms with Gasteiger partial charge in [0.25, 0.3) is 0 Å². The van der Waals surface area contributed by atoms with Gasteiger partial charge >= 0.3 is 0 Å². The molecule has 0 aliphatic heterocycles. The Morgan fingerprint density at radius 2 is 2.00 bits per heavy atom. The summed E-state index contributed by atoms with van der Waals surface area (Å²) in [4.78, 5) is 3.30. The van der Waals surface area contributed by atoms with E-state index in [4.69, 9.17) is 5.11 Å². The van der Waals surface area contributed by atoms with Gasteiger partial charge in [-0.25, -0.2) is 0 Å². The number of hydrogen-bond donors (Lipinski definition) is 1. The van der Waals surface area contributed by atoms with Crippen molar-refractivity contribution in [2.24, 2.45) is 0 Å². The zero-order chi connectivity index (χ0) is 13.4. The fourth-order valence-electron chi connectivity index (χ4n) is 1.58. The number of nitrogens with zero attached hydrogens (tertiary/aromatic N) is 1. The number of hydrogen-bond acceptors (Lipinski definition) is 3. The van der Waals surface area contributed by atoms with Crippen molar-refractivity contribution in [1.82, 2.24) is 0 Å². The third-order valence-corrected chi connectivity index (χ3v) is 3.57. The molecule has 0 aliphatic rings. The van der Waals surface area contributed by atoms with Gasteiger partial charge < -0.3 is 10.0 Å². The molecule has 0 unspecified atom stereocenters. The van der Waals surface area contributed by atoms with Crippen molar-refractivity contribution in [3.05, 3.63) is 46.9 Å². The van der Waals surface area contributed by atoms with E-state index < -0.39 is 0 Å². The van der Waals surface area contributed by atoms with Crippen LogP contribution in [0.2, 0.25) is 0 Å². The zero-order valence-corrected chi connectivity index (χ0v) is 12.1. The van der Waals surface area contributed by atoms with Crippen LogP contribution < -0.4 is 4.90 Å². The molecule has 0 saturated carbocycles. The maximum absolute atomic E-state index is 8.89. The Kier molecular flexibility index (Phi) is 6.61. The van der Waals surface area contributed by atoms with Crippen molar-refractivity contribution in [2.75, 3.05) is 31.4 Å². The molecule has 0 aliphatic carbocycles. The van der Waals surface area contributed by atoms with Crippen LogP contribution in [0.15, 0.2) is 41.3 Å². The number of thioether (sulfide) groups is 1. The average Bonchev–Trinajstić information content (AvgIpc) is 2.41. The van der Waals surface area contributed by atoms with E-state index in [1.54, 1.807) is 11.8 Å². The Bertz CT molecular complexity index is 409. The van der Waals surface area contributed by atoms with Crippen LogP contribution in [0.3, 0.4) is 0 Å². The molecule has 0 fully saturated rings. The molecule has 0 atom stereocenters. The summed E-state index contributed by atoms with van der Waals surface area (Å²) in [5, 5.41) is 8.89. The quantitative estimate of drug-likeness (QED) is 0.796. The topological polar surface area (TPSA) is 23.5 Å². The van der Waals surface area contributed by atoms with Crippen LogP contribution in [-0.4, -0.2) is 31.6 Å². The predicted molar refractivity (Wildman–Crippen MR) is 83.1 cm³/mol. The lowest BCUT2D eigenvalue weighted by Crippen LogP contribution is -2.20. The van der Waals surface area contributed by atoms with E-state index in [-0.39, 0.29) is 6.61 Å². The van der Waals surface area contributed by atoms with Crippen LogP contribution in [-0.2, 0) is 0 Å². The summed E-state index contributed by atoms with van der Waals surface area (Å²) in [5.74, 6) is 0. The van der Waals surface area contributed by atoms with Crippen molar-refractivity contribution in [1.29, 1.82) is 0 Å². The first kappa shape index (κ1) is 14.9. The highest BCUT2D eigenvalue weighted by Crippen LogP contribution is 2.17. The maximum Gasteiger partial charge on any atom is 0.0606 e. The van der Waals surface area contributed by atoms with Crippen molar-refractivity contribution >= 4 is 23.5 Å². The highest BCUT2D eigenvalue weighted by atomic mass is 32.2. The molecule has 0 spiro atoms. The first-order chi connectivity index (χ1) is 8.71. The van der Waals surface area contributed by atoms with Crippen molar-refractivity contribution in [3.63, 3.8) is 0 Å². The molecule has 18 heavy (non-hydrogen) atoms. The molecule has 0 heterocycles. The number of benzene rings is 1. The van der Waals surface area contributed by atoms with Crippen molar-refractivity contribution < 1.29 is 5.11 Å². The smallest absolute Gasteiger partial charge is 0.0606 e. The molecule has 0 saturated heterocycles. The van der Waals surface area contributed by atoms with Crippen LogP contribution in [0.5, 0.6) is 0 Å². The summed E-state index contributed by atoms with van der Waals surface area (Å²) in [7, 11) is 1.98. The van der Waals surface area contributed by atoms with Gasteiger partial charge in [0.2, 0.25) is 0 Å². The standard InChI is InChI=1S/C15H21NOS/c1-4-15(18-3)10-7-13-5-8-14(9-6-13)16(2)11-12-17/h4-10,17H,11-12H2,1-3H3/b10-7+,15-4-. The number of allylic oxidation sites excluding steroid dienone is 2. The molecule has 0 aromatic heterocycles. The molecule has 2 nitrogen and oxygen atoms in total. The molecule has 0 radical (unpaired) electrons. The number of anilines is 1. The van der Waals surface area contributed by atoms with E-state index >= 15 is 0 Å². The highest BCUT2D eigenvalue weighted by molar-refractivity contribution is 8.02. The third-order valence-electron chi connectivity index (χ3n) is 2.73. The second-order valence-electron chi connectivity index (χ2n) is 3.97. The number of aliphatic hydroxyl groups excluding tert-OH is 1. The lowest BCUT2D eigenvalue weighted by molar-refractivity contribution is 0.304. The molecule has 0 amide bonds. The number of rotatable bonds is 6. The molecule has 1 aromatic rings. The minimum absolute atomic E-state index is 0.177. The van der Waals surface area contributed by atoms with Crippen LogP contribution in [0.1, 0.15) is 12.5 Å². The molecule has 1 rings (SSSR count). The van der Waals surface area contributed by atoms with Crippen LogP contribution in [0.4, 0.5) is 5.69 Å². The fraction of sp³-hybridized carbons (Fsp3) is 0.333. The molecule has 98 valence electrons. The van der Waals surface area contributed by atoms with Crippen molar-refractivity contribution in [2.45, 2.75) is 6.92 Å². The van der Waals surface area contributed by atoms with Crippen LogP contribution in [0.25, 0.3) is 6.08 Å². The van der Waals surface area contributed by atoms with Gasteiger partial charge in [-0.15, -0.1) is 11.8 Å². The summed E-state index contributed by atoms with van der Waals surface area (Å²) in [6.07, 6.45) is 8.41. The highest BCUT2D eigenvalue weighted by Gasteiger charge is 1.98. The Morgan fingerprint density at radius 1 is 1.33 bits per heavy atom. The largest absolute Gasteiger partial charge is 0.395 e. The molecular formula is C15H21NOS. The average molecular weight is 263 g/mol. The normalized spacial score (nSPS) is 12.1. The van der Waals surface area contributed by atoms with E-state index in [9.17, 15) is 0 Å². The second kappa shape index (κ2) is 8.01. The minimum atomic E-state index is 0.177. The second-order valence-corrected chi connectivity index (χ2v) is 4.84. The first-order valence-electron chi connectivity index (χ1n) is 6.01. The summed E-state index contributed by atoms with van der Waals surface area (Å²) in [6, 6.07) is 8.33. The predicted octanol–water partition coefficient (Wildman–Crippen LogP) is 3.40. The van der Waals surface area contributed by atoms with Crippen LogP contribution in [0, 0.1) is 0 Å². The fourth-order valence-corrected chi connectivity index (χ4v) is 2.02. The van der Waals surface area contributed by atoms with E-state index in [0.717, 1.165) is 5.69 Å². The zero-order valence-electron chi connectivity index (χ0n) is 11.3. The van der Waals surface area contributed by atoms with E-state index in [2.05, 4.69) is 48.7 Å². The Balaban J connectivity index is 2.71. The van der Waals surface area contributed by atoms with E-state index in [1.807, 2.05) is 18.9 Å². The van der Waals surface area contributed by atoms with Gasteiger partial charge in [-0.2, -0.15) is 0 Å². The maximum atomic E-state index is 8.89. The summed E-state index contributed by atoms with van der Waals surface area (Å²) >= 11 is 1.74. The van der Waals surface area contributed by atoms with Gasteiger partial charge in [0.05, 0.1) is 6.61 Å². The lowest BCUT2D eigenvalue weighted by atomic mass is 10.2. The molecule has 3 heteroatoms. The molecule has 1 N–H and O–H groups in total. The third kappa shape index (κ3) is 4.59. The van der Waals surface area contributed by atoms with Crippen molar-refractivity contribution in [3.8, 4) is 0 Å². The van der Waals surface area contributed by atoms with Gasteiger partial charge in [0, 0.05) is 24.2 Å². The summed E-state index contributed by atoms with van der Waals surface area (Å²) < 4.78 is 0. The monoisotopic (exact) mass is 263 g/mol. The van der Waals surface area contributed by atoms with E-state index in [1.165, 1.54) is 10.5 Å². The number of aliphatic hydroxyl groups is 1. The Labute approximate surface area is 114 Å². The van der Waals surface area contributed by atoms with Gasteiger partial charge in [-0.1, -0.05) is 24.3 Å². The SMILES string of the molecule is C/C=C(/C=C/c1ccc(N(C)CCO)cc1)SC. The molecule has 0 bridgehead atoms. The van der Waals surface area contributed by atoms with Gasteiger partial charge in [-0.05, 0) is 37.0 Å². The van der Waals surface area contributed by atoms with Gasteiger partial charge in [-0.3, -0.25) is 0 Å². The Morgan fingerprint density at radius 3 is 2.50 bits per heavy atom. The van der Waals surface area contributed by atoms with Gasteiger partial charge in [0.15, 0.2) is 0 Å². The Hall–Kier alpha value is -1.19. The molecular weight excluding hydrogens is 242 g/mol. The number of likely N-dealkylation sites (N-methyl/N-ethyl adjacent to an activating group) is 1. The summed E-state index contributed by atoms with van der Waals surface area (Å²) in [6.45, 7) is 2.88. The van der Waals surface area contributed by atoms with Gasteiger partial charge in [0.1, 0.15) is 0 Å².